The number of methoxy groups -OCH3 is 1. The molecule has 5 rings (SSSR count). The van der Waals surface area contributed by atoms with Crippen molar-refractivity contribution in [3.8, 4) is 0 Å². The molecule has 2 aromatic heterocycles. The zero-order valence-corrected chi connectivity index (χ0v) is 21.0. The maximum absolute atomic E-state index is 13.3. The molecule has 188 valence electrons. The van der Waals surface area contributed by atoms with Crippen molar-refractivity contribution in [2.24, 2.45) is 5.92 Å². The van der Waals surface area contributed by atoms with Crippen molar-refractivity contribution in [2.45, 2.75) is 44.8 Å². The quantitative estimate of drug-likeness (QED) is 0.475. The maximum atomic E-state index is 13.3. The number of amides is 1. The minimum absolute atomic E-state index is 0.0151. The molecule has 2 radical (unpaired) electrons. The first-order valence-electron chi connectivity index (χ1n) is 13.0. The Morgan fingerprint density at radius 2 is 1.78 bits per heavy atom. The highest BCUT2D eigenvalue weighted by atomic mass is 16.5. The van der Waals surface area contributed by atoms with Crippen LogP contribution in [0.5, 0.6) is 0 Å². The summed E-state index contributed by atoms with van der Waals surface area (Å²) in [6.45, 7) is 5.08. The Labute approximate surface area is 213 Å². The fourth-order valence-electron chi connectivity index (χ4n) is 5.78. The monoisotopic (exact) mass is 487 g/mol. The van der Waals surface area contributed by atoms with Crippen molar-refractivity contribution in [3.63, 3.8) is 0 Å². The van der Waals surface area contributed by atoms with E-state index in [1.807, 2.05) is 50.4 Å². The van der Waals surface area contributed by atoms with E-state index >= 15 is 0 Å². The lowest BCUT2D eigenvalue weighted by atomic mass is 9.93. The molecule has 0 unspecified atom stereocenters. The second-order valence-corrected chi connectivity index (χ2v) is 9.98. The minimum Gasteiger partial charge on any atom is -0.383 e. The number of hydrogen-bond donors (Lipinski definition) is 0. The van der Waals surface area contributed by atoms with Gasteiger partial charge in [0.25, 0.3) is 0 Å². The number of likely N-dealkylation sites (tertiary alicyclic amines) is 2. The summed E-state index contributed by atoms with van der Waals surface area (Å²) in [7, 11) is 7.46. The minimum atomic E-state index is 0.0151. The third-order valence-electron chi connectivity index (χ3n) is 7.72. The van der Waals surface area contributed by atoms with E-state index in [0.29, 0.717) is 31.8 Å². The summed E-state index contributed by atoms with van der Waals surface area (Å²) in [5.41, 5.74) is 3.63. The number of fused-ring (bicyclic) bond motifs is 1. The molecule has 2 fully saturated rings. The molecular weight excluding hydrogens is 453 g/mol. The smallest absolute Gasteiger partial charge is 0.329 e. The summed E-state index contributed by atoms with van der Waals surface area (Å²) in [4.78, 5) is 35.1. The van der Waals surface area contributed by atoms with Crippen molar-refractivity contribution in [2.75, 3.05) is 39.9 Å². The first-order valence-corrected chi connectivity index (χ1v) is 13.0. The van der Waals surface area contributed by atoms with Crippen LogP contribution in [-0.2, 0) is 22.6 Å². The highest BCUT2D eigenvalue weighted by Gasteiger charge is 2.32. The van der Waals surface area contributed by atoms with Gasteiger partial charge in [0.15, 0.2) is 0 Å². The third kappa shape index (κ3) is 5.13. The summed E-state index contributed by atoms with van der Waals surface area (Å²) in [6.07, 6.45) is 5.10. The maximum Gasteiger partial charge on any atom is 0.329 e. The molecule has 2 saturated heterocycles. The van der Waals surface area contributed by atoms with Crippen molar-refractivity contribution < 1.29 is 9.53 Å². The van der Waals surface area contributed by atoms with E-state index in [2.05, 4.69) is 9.88 Å². The highest BCUT2D eigenvalue weighted by Crippen LogP contribution is 2.28. The van der Waals surface area contributed by atoms with Crippen LogP contribution in [-0.4, -0.2) is 77.6 Å². The molecule has 1 aromatic carbocycles. The number of aromatic nitrogens is 3. The Hall–Kier alpha value is -2.91. The topological polar surface area (TPSA) is 72.6 Å². The van der Waals surface area contributed by atoms with Crippen LogP contribution >= 0.6 is 0 Å². The van der Waals surface area contributed by atoms with Crippen LogP contribution in [0.3, 0.4) is 0 Å². The second-order valence-electron chi connectivity index (χ2n) is 9.98. The molecule has 1 amide bonds. The predicted octanol–water partition coefficient (Wildman–Crippen LogP) is 1.71. The van der Waals surface area contributed by atoms with Crippen molar-refractivity contribution in [1.29, 1.82) is 0 Å². The summed E-state index contributed by atoms with van der Waals surface area (Å²) < 4.78 is 8.97. The lowest BCUT2D eigenvalue weighted by molar-refractivity contribution is -0.138. The summed E-state index contributed by atoms with van der Waals surface area (Å²) >= 11 is 0. The van der Waals surface area contributed by atoms with Crippen molar-refractivity contribution in [3.05, 3.63) is 58.6 Å². The SMILES string of the molecule is [B]c1cc(CN2CCC(C(=O)N3CCC(n4c(=O)n(CCOC)c5ccccc54)CC3)CC2)ccn1. The number of nitrogens with zero attached hydrogens (tertiary/aromatic N) is 5. The standard InChI is InChI=1S/C27H34BN5O3/c1-36-17-16-32-23-4-2-3-5-24(23)33(27(32)35)22-9-14-31(15-10-22)26(34)21-7-12-30(13-8-21)19-20-6-11-29-25(28)18-20/h2-6,11,18,21-22H,7-10,12-17,19H2,1H3. The van der Waals surface area contributed by atoms with E-state index in [0.717, 1.165) is 61.9 Å². The fourth-order valence-corrected chi connectivity index (χ4v) is 5.78. The van der Waals surface area contributed by atoms with Gasteiger partial charge in [-0.25, -0.2) is 4.79 Å². The number of piperidine rings is 2. The number of imidazole rings is 1. The van der Waals surface area contributed by atoms with Crippen LogP contribution in [0, 0.1) is 5.92 Å². The molecular formula is C27H34BN5O3. The Morgan fingerprint density at radius 1 is 1.06 bits per heavy atom. The first-order chi connectivity index (χ1) is 17.5. The van der Waals surface area contributed by atoms with E-state index in [1.165, 1.54) is 0 Å². The van der Waals surface area contributed by atoms with Gasteiger partial charge in [-0.3, -0.25) is 23.8 Å². The van der Waals surface area contributed by atoms with Gasteiger partial charge in [-0.05, 0) is 74.2 Å². The van der Waals surface area contributed by atoms with Crippen LogP contribution in [0.4, 0.5) is 0 Å². The fraction of sp³-hybridized carbons (Fsp3) is 0.519. The summed E-state index contributed by atoms with van der Waals surface area (Å²) in [6, 6.07) is 12.0. The second kappa shape index (κ2) is 11.0. The van der Waals surface area contributed by atoms with Crippen LogP contribution in [0.25, 0.3) is 11.0 Å². The zero-order valence-electron chi connectivity index (χ0n) is 21.0. The van der Waals surface area contributed by atoms with Crippen LogP contribution in [0.2, 0.25) is 0 Å². The molecule has 2 aliphatic rings. The third-order valence-corrected chi connectivity index (χ3v) is 7.72. The molecule has 0 bridgehead atoms. The Bertz CT molecular complexity index is 1260. The normalized spacial score (nSPS) is 18.2. The molecule has 3 aromatic rings. The zero-order chi connectivity index (χ0) is 25.1. The number of carbonyl (C=O) groups excluding carboxylic acids is 1. The molecule has 0 aliphatic carbocycles. The first kappa shape index (κ1) is 24.8. The lowest BCUT2D eigenvalue weighted by Crippen LogP contribution is -2.46. The Morgan fingerprint density at radius 3 is 2.47 bits per heavy atom. The van der Waals surface area contributed by atoms with Gasteiger partial charge >= 0.3 is 5.69 Å². The van der Waals surface area contributed by atoms with Crippen molar-refractivity contribution >= 4 is 30.4 Å². The van der Waals surface area contributed by atoms with Crippen molar-refractivity contribution in [1.82, 2.24) is 23.9 Å². The summed E-state index contributed by atoms with van der Waals surface area (Å²) in [5.74, 6) is 0.357. The average molecular weight is 487 g/mol. The van der Waals surface area contributed by atoms with Gasteiger partial charge in [0.2, 0.25) is 5.91 Å². The summed E-state index contributed by atoms with van der Waals surface area (Å²) in [5, 5.41) is 0. The molecule has 36 heavy (non-hydrogen) atoms. The van der Waals surface area contributed by atoms with E-state index in [-0.39, 0.29) is 23.6 Å². The average Bonchev–Trinajstić information content (AvgIpc) is 3.18. The number of carbonyl (C=O) groups is 1. The number of rotatable bonds is 7. The highest BCUT2D eigenvalue weighted by molar-refractivity contribution is 6.30. The molecule has 0 spiro atoms. The number of pyridine rings is 1. The van der Waals surface area contributed by atoms with Crippen LogP contribution in [0.15, 0.2) is 47.4 Å². The molecule has 4 heterocycles. The van der Waals surface area contributed by atoms with Gasteiger partial charge in [0.05, 0.1) is 24.2 Å². The molecule has 8 nitrogen and oxygen atoms in total. The Balaban J connectivity index is 1.18. The molecule has 2 aliphatic heterocycles. The van der Waals surface area contributed by atoms with Gasteiger partial charge in [-0.15, -0.1) is 0 Å². The molecule has 0 N–H and O–H groups in total. The van der Waals surface area contributed by atoms with E-state index < -0.39 is 0 Å². The van der Waals surface area contributed by atoms with Gasteiger partial charge < -0.3 is 9.64 Å². The lowest BCUT2D eigenvalue weighted by Gasteiger charge is -2.37. The predicted molar refractivity (Wildman–Crippen MR) is 141 cm³/mol. The molecule has 9 heteroatoms. The van der Waals surface area contributed by atoms with Gasteiger partial charge in [-0.2, -0.15) is 0 Å². The van der Waals surface area contributed by atoms with Crippen LogP contribution < -0.4 is 11.3 Å². The van der Waals surface area contributed by atoms with Gasteiger partial charge in [0, 0.05) is 44.9 Å². The van der Waals surface area contributed by atoms with Gasteiger partial charge in [-0.1, -0.05) is 12.1 Å². The van der Waals surface area contributed by atoms with E-state index in [1.54, 1.807) is 13.3 Å². The van der Waals surface area contributed by atoms with Gasteiger partial charge in [0.1, 0.15) is 7.85 Å². The number of benzene rings is 1. The molecule has 0 atom stereocenters. The molecule has 0 saturated carbocycles. The largest absolute Gasteiger partial charge is 0.383 e. The Kier molecular flexibility index (Phi) is 7.58. The van der Waals surface area contributed by atoms with E-state index in [9.17, 15) is 9.59 Å². The number of para-hydroxylation sites is 2. The number of ether oxygens (including phenoxy) is 1. The van der Waals surface area contributed by atoms with Crippen LogP contribution in [0.1, 0.15) is 37.3 Å². The van der Waals surface area contributed by atoms with E-state index in [4.69, 9.17) is 12.6 Å². The number of hydrogen-bond acceptors (Lipinski definition) is 5.